The average molecular weight is 313 g/mol. The number of benzene rings is 2. The summed E-state index contributed by atoms with van der Waals surface area (Å²) in [7, 11) is 0. The maximum Gasteiger partial charge on any atom is 0.339 e. The van der Waals surface area contributed by atoms with E-state index in [9.17, 15) is 9.59 Å². The first kappa shape index (κ1) is 16.1. The van der Waals surface area contributed by atoms with Gasteiger partial charge in [0.1, 0.15) is 11.3 Å². The van der Waals surface area contributed by atoms with Crippen molar-refractivity contribution in [1.29, 1.82) is 0 Å². The molecule has 4 N–H and O–H groups in total. The number of aromatic amines is 1. The Labute approximate surface area is 131 Å². The lowest BCUT2D eigenvalue weighted by atomic mass is 10.1. The van der Waals surface area contributed by atoms with E-state index in [-0.39, 0.29) is 17.7 Å². The van der Waals surface area contributed by atoms with Gasteiger partial charge in [-0.2, -0.15) is 0 Å². The molecule has 0 amide bonds. The van der Waals surface area contributed by atoms with Crippen LogP contribution in [0.2, 0.25) is 0 Å². The molecule has 3 rings (SSSR count). The summed E-state index contributed by atoms with van der Waals surface area (Å²) in [6.07, 6.45) is 1.82. The Kier molecular flexibility index (Phi) is 4.99. The largest absolute Gasteiger partial charge is 0.507 e. The van der Waals surface area contributed by atoms with E-state index in [1.165, 1.54) is 12.1 Å². The Morgan fingerprint density at radius 3 is 2.22 bits per heavy atom. The van der Waals surface area contributed by atoms with E-state index < -0.39 is 11.9 Å². The zero-order valence-electron chi connectivity index (χ0n) is 12.1. The van der Waals surface area contributed by atoms with E-state index in [0.717, 1.165) is 16.5 Å². The second kappa shape index (κ2) is 7.13. The van der Waals surface area contributed by atoms with Gasteiger partial charge in [0.15, 0.2) is 0 Å². The zero-order chi connectivity index (χ0) is 16.8. The Morgan fingerprint density at radius 1 is 0.957 bits per heavy atom. The topological polar surface area (TPSA) is 111 Å². The molecule has 1 heterocycles. The van der Waals surface area contributed by atoms with Crippen LogP contribution in [0.1, 0.15) is 15.9 Å². The van der Waals surface area contributed by atoms with Crippen LogP contribution < -0.4 is 0 Å². The summed E-state index contributed by atoms with van der Waals surface area (Å²) in [6.45, 7) is 0. The van der Waals surface area contributed by atoms with Crippen LogP contribution in [0.5, 0.6) is 5.75 Å². The first-order chi connectivity index (χ1) is 11.0. The molecule has 3 aromatic rings. The number of nitrogens with one attached hydrogen (secondary N) is 1. The third-order valence-electron chi connectivity index (χ3n) is 3.15. The Balaban J connectivity index is 0.000000174. The van der Waals surface area contributed by atoms with Crippen LogP contribution in [-0.2, 0) is 11.2 Å². The van der Waals surface area contributed by atoms with Gasteiger partial charge in [0.25, 0.3) is 0 Å². The number of carboxylic acid groups (broad SMARTS) is 2. The summed E-state index contributed by atoms with van der Waals surface area (Å²) in [5.74, 6) is -2.11. The third-order valence-corrected chi connectivity index (χ3v) is 3.15. The number of rotatable bonds is 3. The summed E-state index contributed by atoms with van der Waals surface area (Å²) >= 11 is 0. The average Bonchev–Trinajstić information content (AvgIpc) is 2.91. The molecule has 0 aliphatic rings. The first-order valence-corrected chi connectivity index (χ1v) is 6.77. The molecular weight excluding hydrogens is 298 g/mol. The number of aromatic nitrogens is 1. The molecule has 0 atom stereocenters. The summed E-state index contributed by atoms with van der Waals surface area (Å²) in [4.78, 5) is 23.8. The highest BCUT2D eigenvalue weighted by Crippen LogP contribution is 2.17. The van der Waals surface area contributed by atoms with Crippen molar-refractivity contribution in [1.82, 2.24) is 4.98 Å². The van der Waals surface area contributed by atoms with Crippen LogP contribution in [-0.4, -0.2) is 32.2 Å². The highest BCUT2D eigenvalue weighted by molar-refractivity contribution is 5.90. The molecule has 2 aromatic carbocycles. The number of fused-ring (bicyclic) bond motifs is 1. The molecule has 118 valence electrons. The molecular formula is C17H15NO5. The van der Waals surface area contributed by atoms with Gasteiger partial charge in [-0.15, -0.1) is 0 Å². The summed E-state index contributed by atoms with van der Waals surface area (Å²) < 4.78 is 0. The normalized spacial score (nSPS) is 9.91. The molecule has 6 nitrogen and oxygen atoms in total. The molecule has 0 aliphatic heterocycles. The minimum Gasteiger partial charge on any atom is -0.507 e. The van der Waals surface area contributed by atoms with E-state index in [0.29, 0.717) is 0 Å². The van der Waals surface area contributed by atoms with Crippen molar-refractivity contribution in [2.24, 2.45) is 0 Å². The molecule has 0 radical (unpaired) electrons. The SMILES string of the molecule is O=C(O)Cc1c[nH]c2ccccc12.O=C(O)c1ccccc1O. The van der Waals surface area contributed by atoms with Crippen molar-refractivity contribution < 1.29 is 24.9 Å². The smallest absolute Gasteiger partial charge is 0.339 e. The van der Waals surface area contributed by atoms with Gasteiger partial charge in [-0.05, 0) is 23.8 Å². The lowest BCUT2D eigenvalue weighted by Crippen LogP contribution is -1.98. The van der Waals surface area contributed by atoms with Gasteiger partial charge >= 0.3 is 11.9 Å². The van der Waals surface area contributed by atoms with E-state index in [1.54, 1.807) is 18.3 Å². The Hall–Kier alpha value is -3.28. The molecule has 1 aromatic heterocycles. The van der Waals surface area contributed by atoms with Crippen LogP contribution in [0.4, 0.5) is 0 Å². The lowest BCUT2D eigenvalue weighted by Gasteiger charge is -1.95. The lowest BCUT2D eigenvalue weighted by molar-refractivity contribution is -0.136. The van der Waals surface area contributed by atoms with Crippen molar-refractivity contribution in [3.63, 3.8) is 0 Å². The van der Waals surface area contributed by atoms with Crippen molar-refractivity contribution >= 4 is 22.8 Å². The van der Waals surface area contributed by atoms with Crippen molar-refractivity contribution in [3.8, 4) is 5.75 Å². The quantitative estimate of drug-likeness (QED) is 0.594. The number of carboxylic acids is 2. The number of aromatic hydroxyl groups is 1. The second-order valence-corrected chi connectivity index (χ2v) is 4.75. The van der Waals surface area contributed by atoms with E-state index in [4.69, 9.17) is 15.3 Å². The highest BCUT2D eigenvalue weighted by Gasteiger charge is 2.06. The fourth-order valence-corrected chi connectivity index (χ4v) is 2.10. The molecule has 23 heavy (non-hydrogen) atoms. The monoisotopic (exact) mass is 313 g/mol. The number of hydrogen-bond donors (Lipinski definition) is 4. The molecule has 0 aliphatic carbocycles. The Morgan fingerprint density at radius 2 is 1.61 bits per heavy atom. The minimum atomic E-state index is -1.11. The van der Waals surface area contributed by atoms with Gasteiger partial charge in [-0.1, -0.05) is 30.3 Å². The minimum absolute atomic E-state index is 0.0671. The predicted molar refractivity (Wildman–Crippen MR) is 84.7 cm³/mol. The summed E-state index contributed by atoms with van der Waals surface area (Å²) in [5.41, 5.74) is 1.75. The zero-order valence-corrected chi connectivity index (χ0v) is 12.1. The number of hydrogen-bond acceptors (Lipinski definition) is 3. The maximum atomic E-state index is 10.5. The van der Waals surface area contributed by atoms with Crippen LogP contribution in [0.25, 0.3) is 10.9 Å². The number of aliphatic carboxylic acids is 1. The highest BCUT2D eigenvalue weighted by atomic mass is 16.4. The fraction of sp³-hybridized carbons (Fsp3) is 0.0588. The van der Waals surface area contributed by atoms with Crippen molar-refractivity contribution in [2.45, 2.75) is 6.42 Å². The molecule has 0 saturated carbocycles. The van der Waals surface area contributed by atoms with Gasteiger partial charge in [0.05, 0.1) is 6.42 Å². The van der Waals surface area contributed by atoms with Gasteiger partial charge in [-0.25, -0.2) is 4.79 Å². The van der Waals surface area contributed by atoms with E-state index in [1.807, 2.05) is 24.3 Å². The number of phenols is 1. The predicted octanol–water partition coefficient (Wildman–Crippen LogP) is 2.89. The number of para-hydroxylation sites is 2. The number of carbonyl (C=O) groups is 2. The van der Waals surface area contributed by atoms with Crippen LogP contribution >= 0.6 is 0 Å². The van der Waals surface area contributed by atoms with Crippen LogP contribution in [0.3, 0.4) is 0 Å². The first-order valence-electron chi connectivity index (χ1n) is 6.77. The maximum absolute atomic E-state index is 10.5. The summed E-state index contributed by atoms with van der Waals surface area (Å²) in [5, 5.41) is 26.9. The number of aromatic carboxylic acids is 1. The molecule has 0 bridgehead atoms. The van der Waals surface area contributed by atoms with E-state index >= 15 is 0 Å². The van der Waals surface area contributed by atoms with Gasteiger partial charge < -0.3 is 20.3 Å². The molecule has 0 saturated heterocycles. The van der Waals surface area contributed by atoms with Crippen molar-refractivity contribution in [2.75, 3.05) is 0 Å². The standard InChI is InChI=1S/C10H9NO2.C7H6O3/c12-10(13)5-7-6-11-9-4-2-1-3-8(7)9;8-6-4-2-1-3-5(6)7(9)10/h1-4,6,11H,5H2,(H,12,13);1-4,8H,(H,9,10). The molecule has 0 unspecified atom stereocenters. The van der Waals surface area contributed by atoms with Gasteiger partial charge in [0, 0.05) is 17.1 Å². The van der Waals surface area contributed by atoms with Crippen LogP contribution in [0, 0.1) is 0 Å². The third kappa shape index (κ3) is 4.10. The Bertz CT molecular complexity index is 838. The fourth-order valence-electron chi connectivity index (χ4n) is 2.10. The van der Waals surface area contributed by atoms with Gasteiger partial charge in [-0.3, -0.25) is 4.79 Å². The van der Waals surface area contributed by atoms with Crippen LogP contribution in [0.15, 0.2) is 54.7 Å². The second-order valence-electron chi connectivity index (χ2n) is 4.75. The molecule has 0 fully saturated rings. The van der Waals surface area contributed by atoms with Crippen molar-refractivity contribution in [3.05, 3.63) is 65.9 Å². The van der Waals surface area contributed by atoms with Gasteiger partial charge in [0.2, 0.25) is 0 Å². The van der Waals surface area contributed by atoms with E-state index in [2.05, 4.69) is 4.98 Å². The molecule has 6 heteroatoms. The molecule has 0 spiro atoms. The summed E-state index contributed by atoms with van der Waals surface area (Å²) in [6, 6.07) is 13.5. The number of H-pyrrole nitrogens is 1.